The van der Waals surface area contributed by atoms with Crippen LogP contribution in [0.5, 0.6) is 0 Å². The minimum absolute atomic E-state index is 0.0855. The number of esters is 1. The molecule has 0 amide bonds. The first-order valence-corrected chi connectivity index (χ1v) is 7.51. The van der Waals surface area contributed by atoms with E-state index in [9.17, 15) is 4.79 Å². The highest BCUT2D eigenvalue weighted by atomic mass is 16.5. The molecule has 2 aliphatic rings. The first-order valence-electron chi connectivity index (χ1n) is 7.51. The summed E-state index contributed by atoms with van der Waals surface area (Å²) in [4.78, 5) is 11.4. The van der Waals surface area contributed by atoms with Gasteiger partial charge in [-0.05, 0) is 57.8 Å². The predicted octanol–water partition coefficient (Wildman–Crippen LogP) is 2.74. The molecular weight excluding hydrogens is 226 g/mol. The van der Waals surface area contributed by atoms with Crippen molar-refractivity contribution in [1.29, 1.82) is 0 Å². The molecule has 3 nitrogen and oxygen atoms in total. The van der Waals surface area contributed by atoms with E-state index in [-0.39, 0.29) is 12.0 Å². The second kappa shape index (κ2) is 6.05. The topological polar surface area (TPSA) is 38.3 Å². The van der Waals surface area contributed by atoms with Gasteiger partial charge in [-0.3, -0.25) is 4.79 Å². The normalized spacial score (nSPS) is 33.4. The van der Waals surface area contributed by atoms with Crippen molar-refractivity contribution in [3.05, 3.63) is 0 Å². The molecule has 0 aromatic heterocycles. The maximum atomic E-state index is 11.4. The Hall–Kier alpha value is -0.570. The lowest BCUT2D eigenvalue weighted by Crippen LogP contribution is -2.42. The molecule has 5 unspecified atom stereocenters. The molecule has 0 aromatic rings. The van der Waals surface area contributed by atoms with E-state index in [0.29, 0.717) is 19.1 Å². The fraction of sp³-hybridized carbons (Fsp3) is 0.933. The quantitative estimate of drug-likeness (QED) is 0.740. The van der Waals surface area contributed by atoms with E-state index in [0.717, 1.165) is 17.8 Å². The molecule has 104 valence electrons. The summed E-state index contributed by atoms with van der Waals surface area (Å²) >= 11 is 0. The predicted molar refractivity (Wildman–Crippen MR) is 72.2 cm³/mol. The molecule has 0 aliphatic heterocycles. The monoisotopic (exact) mass is 253 g/mol. The summed E-state index contributed by atoms with van der Waals surface area (Å²) in [5, 5.41) is 3.60. The molecule has 2 fully saturated rings. The molecule has 3 heteroatoms. The van der Waals surface area contributed by atoms with Crippen LogP contribution in [0, 0.1) is 17.8 Å². The lowest BCUT2D eigenvalue weighted by Gasteiger charge is -2.30. The summed E-state index contributed by atoms with van der Waals surface area (Å²) in [7, 11) is 0. The number of fused-ring (bicyclic) bond motifs is 2. The van der Waals surface area contributed by atoms with Crippen LogP contribution >= 0.6 is 0 Å². The fourth-order valence-electron chi connectivity index (χ4n) is 4.01. The van der Waals surface area contributed by atoms with Crippen molar-refractivity contribution < 1.29 is 9.53 Å². The van der Waals surface area contributed by atoms with Crippen LogP contribution < -0.4 is 5.32 Å². The van der Waals surface area contributed by atoms with Crippen LogP contribution in [0.25, 0.3) is 0 Å². The van der Waals surface area contributed by atoms with E-state index in [1.165, 1.54) is 25.7 Å². The number of nitrogens with one attached hydrogen (secondary N) is 1. The van der Waals surface area contributed by atoms with E-state index in [1.807, 2.05) is 6.92 Å². The molecule has 2 rings (SSSR count). The molecule has 2 aliphatic carbocycles. The Morgan fingerprint density at radius 3 is 2.67 bits per heavy atom. The number of carbonyl (C=O) groups excluding carboxylic acids is 1. The van der Waals surface area contributed by atoms with Gasteiger partial charge in [0.1, 0.15) is 0 Å². The Kier molecular flexibility index (Phi) is 4.66. The van der Waals surface area contributed by atoms with Crippen molar-refractivity contribution in [3.8, 4) is 0 Å². The maximum Gasteiger partial charge on any atom is 0.307 e. The lowest BCUT2D eigenvalue weighted by atomic mass is 9.83. The minimum atomic E-state index is -0.0855. The van der Waals surface area contributed by atoms with E-state index < -0.39 is 0 Å². The Morgan fingerprint density at radius 2 is 2.11 bits per heavy atom. The van der Waals surface area contributed by atoms with Gasteiger partial charge in [0.05, 0.1) is 13.0 Å². The summed E-state index contributed by atoms with van der Waals surface area (Å²) in [6.07, 6.45) is 6.20. The summed E-state index contributed by atoms with van der Waals surface area (Å²) in [5.41, 5.74) is 0. The molecule has 0 spiro atoms. The van der Waals surface area contributed by atoms with Gasteiger partial charge in [0, 0.05) is 12.1 Å². The molecule has 18 heavy (non-hydrogen) atoms. The number of carbonyl (C=O) groups is 1. The van der Waals surface area contributed by atoms with Gasteiger partial charge in [0.15, 0.2) is 0 Å². The van der Waals surface area contributed by atoms with Gasteiger partial charge in [0.25, 0.3) is 0 Å². The van der Waals surface area contributed by atoms with Crippen molar-refractivity contribution in [2.45, 2.75) is 65.0 Å². The van der Waals surface area contributed by atoms with Crippen molar-refractivity contribution in [3.63, 3.8) is 0 Å². The zero-order valence-electron chi connectivity index (χ0n) is 11.9. The molecular formula is C15H27NO2. The first kappa shape index (κ1) is 13.9. The van der Waals surface area contributed by atoms with E-state index in [2.05, 4.69) is 19.2 Å². The Bertz CT molecular complexity index is 292. The van der Waals surface area contributed by atoms with E-state index in [4.69, 9.17) is 4.74 Å². The van der Waals surface area contributed by atoms with E-state index in [1.54, 1.807) is 0 Å². The largest absolute Gasteiger partial charge is 0.466 e. The number of rotatable bonds is 6. The van der Waals surface area contributed by atoms with Crippen LogP contribution in [0.4, 0.5) is 0 Å². The smallest absolute Gasteiger partial charge is 0.307 e. The standard InChI is InChI=1S/C15H27NO2/c1-4-18-15(17)7-10(2)16-11(3)14-9-12-5-6-13(14)8-12/h10-14,16H,4-9H2,1-3H3. The maximum absolute atomic E-state index is 11.4. The second-order valence-corrected chi connectivity index (χ2v) is 6.20. The van der Waals surface area contributed by atoms with Crippen molar-refractivity contribution in [2.24, 2.45) is 17.8 Å². The summed E-state index contributed by atoms with van der Waals surface area (Å²) < 4.78 is 4.99. The van der Waals surface area contributed by atoms with Crippen LogP contribution in [0.3, 0.4) is 0 Å². The van der Waals surface area contributed by atoms with Crippen LogP contribution in [-0.2, 0) is 9.53 Å². The van der Waals surface area contributed by atoms with Crippen molar-refractivity contribution in [2.75, 3.05) is 6.61 Å². The average Bonchev–Trinajstić information content (AvgIpc) is 2.90. The molecule has 2 bridgehead atoms. The van der Waals surface area contributed by atoms with E-state index >= 15 is 0 Å². The summed E-state index contributed by atoms with van der Waals surface area (Å²) in [5.74, 6) is 2.67. The van der Waals surface area contributed by atoms with Gasteiger partial charge in [-0.25, -0.2) is 0 Å². The van der Waals surface area contributed by atoms with Gasteiger partial charge in [-0.1, -0.05) is 6.42 Å². The molecule has 0 radical (unpaired) electrons. The third-order valence-electron chi connectivity index (χ3n) is 4.76. The van der Waals surface area contributed by atoms with Crippen molar-refractivity contribution >= 4 is 5.97 Å². The molecule has 5 atom stereocenters. The lowest BCUT2D eigenvalue weighted by molar-refractivity contribution is -0.143. The minimum Gasteiger partial charge on any atom is -0.466 e. The Morgan fingerprint density at radius 1 is 1.33 bits per heavy atom. The van der Waals surface area contributed by atoms with Gasteiger partial charge in [-0.15, -0.1) is 0 Å². The van der Waals surface area contributed by atoms with Gasteiger partial charge in [0.2, 0.25) is 0 Å². The summed E-state index contributed by atoms with van der Waals surface area (Å²) in [6, 6.07) is 0.753. The zero-order chi connectivity index (χ0) is 13.1. The van der Waals surface area contributed by atoms with Crippen molar-refractivity contribution in [1.82, 2.24) is 5.32 Å². The highest BCUT2D eigenvalue weighted by Gasteiger charge is 2.41. The SMILES string of the molecule is CCOC(=O)CC(C)NC(C)C1CC2CCC1C2. The van der Waals surface area contributed by atoms with Crippen LogP contribution in [0.2, 0.25) is 0 Å². The average molecular weight is 253 g/mol. The molecule has 2 saturated carbocycles. The fourth-order valence-corrected chi connectivity index (χ4v) is 4.01. The highest BCUT2D eigenvalue weighted by Crippen LogP contribution is 2.49. The molecule has 0 aromatic carbocycles. The number of hydrogen-bond donors (Lipinski definition) is 1. The third kappa shape index (κ3) is 3.25. The third-order valence-corrected chi connectivity index (χ3v) is 4.76. The second-order valence-electron chi connectivity index (χ2n) is 6.20. The number of hydrogen-bond acceptors (Lipinski definition) is 3. The number of ether oxygens (including phenoxy) is 1. The first-order chi connectivity index (χ1) is 8.60. The Labute approximate surface area is 111 Å². The highest BCUT2D eigenvalue weighted by molar-refractivity contribution is 5.70. The van der Waals surface area contributed by atoms with Gasteiger partial charge in [-0.2, -0.15) is 0 Å². The van der Waals surface area contributed by atoms with Gasteiger partial charge < -0.3 is 10.1 Å². The molecule has 0 heterocycles. The van der Waals surface area contributed by atoms with Crippen LogP contribution in [0.1, 0.15) is 52.9 Å². The Balaban J connectivity index is 1.73. The van der Waals surface area contributed by atoms with Gasteiger partial charge >= 0.3 is 5.97 Å². The molecule has 0 saturated heterocycles. The summed E-state index contributed by atoms with van der Waals surface area (Å²) in [6.45, 7) is 6.70. The van der Waals surface area contributed by atoms with Crippen LogP contribution in [-0.4, -0.2) is 24.7 Å². The molecule has 1 N–H and O–H groups in total. The zero-order valence-corrected chi connectivity index (χ0v) is 11.9. The van der Waals surface area contributed by atoms with Crippen LogP contribution in [0.15, 0.2) is 0 Å².